The number of hydrogen-bond acceptors (Lipinski definition) is 5. The highest BCUT2D eigenvalue weighted by molar-refractivity contribution is 6.31. The average Bonchev–Trinajstić information content (AvgIpc) is 2.63. The van der Waals surface area contributed by atoms with Crippen molar-refractivity contribution in [1.29, 1.82) is 0 Å². The molecule has 2 aromatic carbocycles. The van der Waals surface area contributed by atoms with Crippen LogP contribution in [0.1, 0.15) is 24.3 Å². The zero-order chi connectivity index (χ0) is 18.7. The van der Waals surface area contributed by atoms with E-state index in [-0.39, 0.29) is 41.8 Å². The fraction of sp³-hybridized carbons (Fsp3) is 0.250. The number of carbonyl (C=O) groups excluding carboxylic acids is 2. The van der Waals surface area contributed by atoms with Crippen molar-refractivity contribution in [3.8, 4) is 11.5 Å². The summed E-state index contributed by atoms with van der Waals surface area (Å²) in [5.74, 6) is -0.696. The number of Topliss-reactive ketones (excluding diaryl/α,β-unsaturated/α-hetero) is 2. The number of ether oxygens (including phenoxy) is 1. The molecule has 0 aliphatic heterocycles. The summed E-state index contributed by atoms with van der Waals surface area (Å²) in [5.41, 5.74) is 1.17. The van der Waals surface area contributed by atoms with Crippen molar-refractivity contribution in [3.05, 3.63) is 53.1 Å². The summed E-state index contributed by atoms with van der Waals surface area (Å²) >= 11 is 5.88. The molecule has 1 N–H and O–H groups in total. The molecule has 0 saturated heterocycles. The van der Waals surface area contributed by atoms with Crippen molar-refractivity contribution < 1.29 is 19.4 Å². The molecule has 1 saturated carbocycles. The number of methoxy groups -OCH3 is 1. The highest BCUT2D eigenvalue weighted by Crippen LogP contribution is 2.33. The van der Waals surface area contributed by atoms with Crippen molar-refractivity contribution in [2.75, 3.05) is 7.11 Å². The second-order valence-electron chi connectivity index (χ2n) is 6.20. The highest BCUT2D eigenvalue weighted by atomic mass is 35.5. The van der Waals surface area contributed by atoms with E-state index in [2.05, 4.69) is 4.99 Å². The van der Waals surface area contributed by atoms with Crippen LogP contribution in [-0.2, 0) is 9.59 Å². The summed E-state index contributed by atoms with van der Waals surface area (Å²) < 4.78 is 5.13. The molecule has 0 aromatic heterocycles. The lowest BCUT2D eigenvalue weighted by Gasteiger charge is -2.24. The monoisotopic (exact) mass is 371 g/mol. The van der Waals surface area contributed by atoms with E-state index in [9.17, 15) is 14.7 Å². The number of benzene rings is 2. The van der Waals surface area contributed by atoms with Crippen LogP contribution in [0.3, 0.4) is 0 Å². The molecular formula is C20H18ClNO4. The molecule has 2 aromatic rings. The topological polar surface area (TPSA) is 76.0 Å². The van der Waals surface area contributed by atoms with Crippen LogP contribution >= 0.6 is 11.6 Å². The molecule has 1 fully saturated rings. The van der Waals surface area contributed by atoms with Gasteiger partial charge in [0, 0.05) is 24.1 Å². The van der Waals surface area contributed by atoms with Crippen LogP contribution in [0.2, 0.25) is 5.02 Å². The molecule has 5 nitrogen and oxygen atoms in total. The van der Waals surface area contributed by atoms with Gasteiger partial charge in [-0.1, -0.05) is 23.7 Å². The molecular weight excluding hydrogens is 354 g/mol. The number of aliphatic imine (C=N–C) groups is 1. The number of halogens is 1. The third kappa shape index (κ3) is 3.94. The molecule has 0 amide bonds. The van der Waals surface area contributed by atoms with Gasteiger partial charge in [0.2, 0.25) is 0 Å². The fourth-order valence-corrected chi connectivity index (χ4v) is 3.19. The standard InChI is InChI=1S/C20H18ClNO4/c1-26-15-5-2-12(3-6-15)13-8-19(24)16(20(25)9-13)11-22-17-10-14(21)4-7-18(17)23/h2-7,10-11,13,16,23H,8-9H2,1H3. The Bertz CT molecular complexity index is 843. The van der Waals surface area contributed by atoms with Gasteiger partial charge in [-0.3, -0.25) is 14.6 Å². The first-order valence-corrected chi connectivity index (χ1v) is 8.58. The number of aromatic hydroxyl groups is 1. The third-order valence-electron chi connectivity index (χ3n) is 4.48. The largest absolute Gasteiger partial charge is 0.506 e. The minimum absolute atomic E-state index is 0.0579. The van der Waals surface area contributed by atoms with Gasteiger partial charge in [0.15, 0.2) is 0 Å². The molecule has 3 rings (SSSR count). The fourth-order valence-electron chi connectivity index (χ4n) is 3.02. The van der Waals surface area contributed by atoms with E-state index in [0.717, 1.165) is 11.3 Å². The van der Waals surface area contributed by atoms with Crippen molar-refractivity contribution in [3.63, 3.8) is 0 Å². The van der Waals surface area contributed by atoms with E-state index in [1.807, 2.05) is 24.3 Å². The summed E-state index contributed by atoms with van der Waals surface area (Å²) in [6.07, 6.45) is 1.85. The third-order valence-corrected chi connectivity index (χ3v) is 4.71. The first kappa shape index (κ1) is 18.1. The normalized spacial score (nSPS) is 20.5. The molecule has 0 unspecified atom stereocenters. The Kier molecular flexibility index (Phi) is 5.38. The Labute approximate surface area is 156 Å². The van der Waals surface area contributed by atoms with Gasteiger partial charge in [-0.05, 0) is 41.8 Å². The Morgan fingerprint density at radius 2 is 1.77 bits per heavy atom. The molecule has 1 aliphatic rings. The van der Waals surface area contributed by atoms with E-state index in [4.69, 9.17) is 16.3 Å². The molecule has 0 bridgehead atoms. The molecule has 134 valence electrons. The molecule has 0 radical (unpaired) electrons. The van der Waals surface area contributed by atoms with E-state index >= 15 is 0 Å². The molecule has 6 heteroatoms. The maximum absolute atomic E-state index is 12.5. The van der Waals surface area contributed by atoms with Crippen molar-refractivity contribution in [2.45, 2.75) is 18.8 Å². The maximum atomic E-state index is 12.5. The van der Waals surface area contributed by atoms with Gasteiger partial charge in [-0.15, -0.1) is 0 Å². The minimum atomic E-state index is -0.886. The zero-order valence-corrected chi connectivity index (χ0v) is 14.9. The lowest BCUT2D eigenvalue weighted by molar-refractivity contribution is -0.133. The Morgan fingerprint density at radius 3 is 2.38 bits per heavy atom. The lowest BCUT2D eigenvalue weighted by atomic mass is 9.77. The van der Waals surface area contributed by atoms with Crippen molar-refractivity contribution in [2.24, 2.45) is 10.9 Å². The van der Waals surface area contributed by atoms with Gasteiger partial charge in [-0.2, -0.15) is 0 Å². The number of rotatable bonds is 4. The van der Waals surface area contributed by atoms with Crippen LogP contribution in [0.25, 0.3) is 0 Å². The van der Waals surface area contributed by atoms with E-state index in [1.54, 1.807) is 7.11 Å². The SMILES string of the molecule is COc1ccc(C2CC(=O)C(C=Nc3cc(Cl)ccc3O)C(=O)C2)cc1. The van der Waals surface area contributed by atoms with Crippen LogP contribution in [-0.4, -0.2) is 30.0 Å². The predicted octanol–water partition coefficient (Wildman–Crippen LogP) is 4.09. The first-order valence-electron chi connectivity index (χ1n) is 8.20. The van der Waals surface area contributed by atoms with Gasteiger partial charge in [0.05, 0.1) is 7.11 Å². The number of nitrogens with zero attached hydrogens (tertiary/aromatic N) is 1. The number of carbonyl (C=O) groups is 2. The van der Waals surface area contributed by atoms with Crippen LogP contribution in [0.4, 0.5) is 5.69 Å². The second-order valence-corrected chi connectivity index (χ2v) is 6.64. The predicted molar refractivity (Wildman–Crippen MR) is 99.7 cm³/mol. The Morgan fingerprint density at radius 1 is 1.12 bits per heavy atom. The van der Waals surface area contributed by atoms with Crippen LogP contribution < -0.4 is 4.74 Å². The van der Waals surface area contributed by atoms with E-state index in [0.29, 0.717) is 5.02 Å². The number of ketones is 2. The van der Waals surface area contributed by atoms with Crippen LogP contribution in [0.5, 0.6) is 11.5 Å². The van der Waals surface area contributed by atoms with Gasteiger partial charge in [0.1, 0.15) is 34.7 Å². The summed E-state index contributed by atoms with van der Waals surface area (Å²) in [4.78, 5) is 29.0. The van der Waals surface area contributed by atoms with Gasteiger partial charge in [0.25, 0.3) is 0 Å². The smallest absolute Gasteiger partial charge is 0.149 e. The van der Waals surface area contributed by atoms with Crippen molar-refractivity contribution in [1.82, 2.24) is 0 Å². The Hall–Kier alpha value is -2.66. The van der Waals surface area contributed by atoms with E-state index in [1.165, 1.54) is 24.4 Å². The summed E-state index contributed by atoms with van der Waals surface area (Å²) in [6, 6.07) is 11.8. The Balaban J connectivity index is 1.74. The number of phenols is 1. The van der Waals surface area contributed by atoms with Crippen molar-refractivity contribution >= 4 is 35.1 Å². The second kappa shape index (κ2) is 7.70. The minimum Gasteiger partial charge on any atom is -0.506 e. The summed E-state index contributed by atoms with van der Waals surface area (Å²) in [6.45, 7) is 0. The molecule has 0 heterocycles. The molecule has 0 atom stereocenters. The lowest BCUT2D eigenvalue weighted by Crippen LogP contribution is -2.33. The number of phenolic OH excluding ortho intramolecular Hbond substituents is 1. The van der Waals surface area contributed by atoms with Gasteiger partial charge >= 0.3 is 0 Å². The molecule has 26 heavy (non-hydrogen) atoms. The van der Waals surface area contributed by atoms with Crippen LogP contribution in [0.15, 0.2) is 47.5 Å². The van der Waals surface area contributed by atoms with Gasteiger partial charge in [-0.25, -0.2) is 0 Å². The van der Waals surface area contributed by atoms with E-state index < -0.39 is 5.92 Å². The quantitative estimate of drug-likeness (QED) is 0.648. The van der Waals surface area contributed by atoms with Gasteiger partial charge < -0.3 is 9.84 Å². The average molecular weight is 372 g/mol. The highest BCUT2D eigenvalue weighted by Gasteiger charge is 2.35. The summed E-state index contributed by atoms with van der Waals surface area (Å²) in [7, 11) is 1.59. The molecule has 1 aliphatic carbocycles. The number of hydrogen-bond donors (Lipinski definition) is 1. The first-order chi connectivity index (χ1) is 12.5. The molecule has 0 spiro atoms. The zero-order valence-electron chi connectivity index (χ0n) is 14.2. The van der Waals surface area contributed by atoms with Crippen LogP contribution in [0, 0.1) is 5.92 Å². The maximum Gasteiger partial charge on any atom is 0.149 e. The summed E-state index contributed by atoms with van der Waals surface area (Å²) in [5, 5.41) is 10.2.